The predicted octanol–water partition coefficient (Wildman–Crippen LogP) is 3.03. The Balaban J connectivity index is 2.09. The largest absolute Gasteiger partial charge is 0.496 e. The van der Waals surface area contributed by atoms with Gasteiger partial charge in [-0.15, -0.1) is 0 Å². The van der Waals surface area contributed by atoms with E-state index < -0.39 is 5.97 Å². The van der Waals surface area contributed by atoms with Crippen LogP contribution in [-0.2, 0) is 11.3 Å². The van der Waals surface area contributed by atoms with Crippen molar-refractivity contribution in [1.82, 2.24) is 0 Å². The number of hydrogen-bond acceptors (Lipinski definition) is 5. The molecule has 2 aromatic carbocycles. The number of para-hydroxylation sites is 1. The lowest BCUT2D eigenvalue weighted by Gasteiger charge is -2.08. The average molecular weight is 349 g/mol. The Hall–Kier alpha value is -2.73. The van der Waals surface area contributed by atoms with Crippen LogP contribution in [0.5, 0.6) is 11.5 Å². The van der Waals surface area contributed by atoms with Crippen LogP contribution in [0.2, 0.25) is 5.02 Å². The van der Waals surface area contributed by atoms with Crippen molar-refractivity contribution >= 4 is 23.4 Å². The van der Waals surface area contributed by atoms with Crippen molar-refractivity contribution in [2.45, 2.75) is 6.42 Å². The molecule has 0 saturated heterocycles. The number of rotatable bonds is 6. The minimum atomic E-state index is -0.711. The van der Waals surface area contributed by atoms with Crippen LogP contribution in [-0.4, -0.2) is 26.0 Å². The number of amidine groups is 1. The summed E-state index contributed by atoms with van der Waals surface area (Å²) in [5, 5.41) is 4.05. The number of halogens is 1. The maximum Gasteiger partial charge on any atom is 0.369 e. The highest BCUT2D eigenvalue weighted by Gasteiger charge is 2.15. The van der Waals surface area contributed by atoms with Crippen molar-refractivity contribution in [2.24, 2.45) is 10.9 Å². The van der Waals surface area contributed by atoms with E-state index in [0.29, 0.717) is 16.5 Å². The minimum absolute atomic E-state index is 0.133. The van der Waals surface area contributed by atoms with Crippen molar-refractivity contribution in [2.75, 3.05) is 14.2 Å². The molecule has 2 N–H and O–H groups in total. The number of oxime groups is 1. The van der Waals surface area contributed by atoms with Crippen LogP contribution >= 0.6 is 11.6 Å². The van der Waals surface area contributed by atoms with Gasteiger partial charge in [-0.05, 0) is 24.3 Å². The molecule has 0 radical (unpaired) electrons. The molecule has 0 aliphatic rings. The van der Waals surface area contributed by atoms with Crippen LogP contribution < -0.4 is 15.2 Å². The van der Waals surface area contributed by atoms with Crippen LogP contribution in [0.3, 0.4) is 0 Å². The molecule has 0 saturated carbocycles. The Bertz CT molecular complexity index is 762. The Morgan fingerprint density at radius 3 is 2.54 bits per heavy atom. The van der Waals surface area contributed by atoms with Gasteiger partial charge in [0.25, 0.3) is 0 Å². The van der Waals surface area contributed by atoms with E-state index >= 15 is 0 Å². The predicted molar refractivity (Wildman–Crippen MR) is 91.7 cm³/mol. The molecule has 0 aromatic heterocycles. The first-order valence-corrected chi connectivity index (χ1v) is 7.42. The van der Waals surface area contributed by atoms with Gasteiger partial charge in [-0.2, -0.15) is 0 Å². The Morgan fingerprint density at radius 2 is 1.83 bits per heavy atom. The summed E-state index contributed by atoms with van der Waals surface area (Å²) in [6.07, 6.45) is 0.282. The second-order valence-corrected chi connectivity index (χ2v) is 5.23. The van der Waals surface area contributed by atoms with Gasteiger partial charge in [-0.1, -0.05) is 35.0 Å². The fourth-order valence-electron chi connectivity index (χ4n) is 2.07. The fraction of sp³-hybridized carbons (Fsp3) is 0.176. The SMILES string of the molecule is COc1ccccc1C/C(N)=N/OC(=O)c1cc(Cl)ccc1OC. The van der Waals surface area contributed by atoms with Crippen LogP contribution in [0.4, 0.5) is 0 Å². The van der Waals surface area contributed by atoms with Crippen molar-refractivity contribution in [3.8, 4) is 11.5 Å². The summed E-state index contributed by atoms with van der Waals surface area (Å²) in [6, 6.07) is 12.0. The number of hydrogen-bond donors (Lipinski definition) is 1. The molecule has 0 atom stereocenters. The molecule has 0 unspecified atom stereocenters. The van der Waals surface area contributed by atoms with Gasteiger partial charge in [-0.25, -0.2) is 4.79 Å². The molecule has 24 heavy (non-hydrogen) atoms. The van der Waals surface area contributed by atoms with E-state index in [0.717, 1.165) is 5.56 Å². The maximum absolute atomic E-state index is 12.1. The molecule has 6 nitrogen and oxygen atoms in total. The molecule has 0 aliphatic heterocycles. The van der Waals surface area contributed by atoms with Gasteiger partial charge in [0.15, 0.2) is 0 Å². The van der Waals surface area contributed by atoms with Gasteiger partial charge < -0.3 is 20.0 Å². The molecule has 126 valence electrons. The first kappa shape index (κ1) is 17.6. The summed E-state index contributed by atoms with van der Waals surface area (Å²) in [6.45, 7) is 0. The van der Waals surface area contributed by atoms with Crippen LogP contribution in [0, 0.1) is 0 Å². The van der Waals surface area contributed by atoms with Gasteiger partial charge in [0.05, 0.1) is 14.2 Å². The summed E-state index contributed by atoms with van der Waals surface area (Å²) >= 11 is 5.88. The molecule has 0 bridgehead atoms. The van der Waals surface area contributed by atoms with Gasteiger partial charge in [0.1, 0.15) is 22.9 Å². The monoisotopic (exact) mass is 348 g/mol. The van der Waals surface area contributed by atoms with Crippen LogP contribution in [0.25, 0.3) is 0 Å². The molecule has 0 aliphatic carbocycles. The Kier molecular flexibility index (Phi) is 6.03. The first-order chi connectivity index (χ1) is 11.5. The zero-order valence-electron chi connectivity index (χ0n) is 13.3. The molecular weight excluding hydrogens is 332 g/mol. The molecular formula is C17H17ClN2O4. The van der Waals surface area contributed by atoms with Crippen LogP contribution in [0.15, 0.2) is 47.6 Å². The lowest BCUT2D eigenvalue weighted by molar-refractivity contribution is 0.0511. The number of carbonyl (C=O) groups excluding carboxylic acids is 1. The number of nitrogens with two attached hydrogens (primary N) is 1. The fourth-order valence-corrected chi connectivity index (χ4v) is 2.24. The van der Waals surface area contributed by atoms with Gasteiger partial charge in [-0.3, -0.25) is 0 Å². The van der Waals surface area contributed by atoms with E-state index in [-0.39, 0.29) is 17.8 Å². The second kappa shape index (κ2) is 8.21. The third-order valence-corrected chi connectivity index (χ3v) is 3.43. The summed E-state index contributed by atoms with van der Waals surface area (Å²) in [7, 11) is 3.01. The Morgan fingerprint density at radius 1 is 1.12 bits per heavy atom. The summed E-state index contributed by atoms with van der Waals surface area (Å²) in [5.41, 5.74) is 6.81. The zero-order chi connectivity index (χ0) is 17.5. The van der Waals surface area contributed by atoms with Gasteiger partial charge >= 0.3 is 5.97 Å². The van der Waals surface area contributed by atoms with E-state index in [1.54, 1.807) is 19.2 Å². The van der Waals surface area contributed by atoms with E-state index in [4.69, 9.17) is 31.6 Å². The van der Waals surface area contributed by atoms with Gasteiger partial charge in [0, 0.05) is 17.0 Å². The van der Waals surface area contributed by atoms with Gasteiger partial charge in [0.2, 0.25) is 0 Å². The van der Waals surface area contributed by atoms with Crippen molar-refractivity contribution in [1.29, 1.82) is 0 Å². The molecule has 2 aromatic rings. The molecule has 0 fully saturated rings. The quantitative estimate of drug-likeness (QED) is 0.375. The Labute approximate surface area is 144 Å². The molecule has 0 amide bonds. The smallest absolute Gasteiger partial charge is 0.369 e. The van der Waals surface area contributed by atoms with Crippen molar-refractivity contribution < 1.29 is 19.1 Å². The van der Waals surface area contributed by atoms with Crippen molar-refractivity contribution in [3.63, 3.8) is 0 Å². The van der Waals surface area contributed by atoms with Crippen molar-refractivity contribution in [3.05, 3.63) is 58.6 Å². The first-order valence-electron chi connectivity index (χ1n) is 7.04. The zero-order valence-corrected chi connectivity index (χ0v) is 14.0. The third kappa shape index (κ3) is 4.39. The highest BCUT2D eigenvalue weighted by molar-refractivity contribution is 6.31. The highest BCUT2D eigenvalue weighted by Crippen LogP contribution is 2.23. The number of ether oxygens (including phenoxy) is 2. The number of methoxy groups -OCH3 is 2. The summed E-state index contributed by atoms with van der Waals surface area (Å²) in [4.78, 5) is 17.0. The minimum Gasteiger partial charge on any atom is -0.496 e. The van der Waals surface area contributed by atoms with E-state index in [1.165, 1.54) is 13.2 Å². The second-order valence-electron chi connectivity index (χ2n) is 4.79. The van der Waals surface area contributed by atoms with E-state index in [9.17, 15) is 4.79 Å². The lowest BCUT2D eigenvalue weighted by Crippen LogP contribution is -2.17. The topological polar surface area (TPSA) is 83.1 Å². The number of benzene rings is 2. The third-order valence-electron chi connectivity index (χ3n) is 3.19. The van der Waals surface area contributed by atoms with E-state index in [1.807, 2.05) is 24.3 Å². The lowest BCUT2D eigenvalue weighted by atomic mass is 10.1. The van der Waals surface area contributed by atoms with E-state index in [2.05, 4.69) is 5.16 Å². The molecule has 0 heterocycles. The standard InChI is InChI=1S/C17H17ClN2O4/c1-22-14-6-4-3-5-11(14)9-16(19)20-24-17(21)13-10-12(18)7-8-15(13)23-2/h3-8,10H,9H2,1-2H3,(H2,19,20). The normalized spacial score (nSPS) is 11.0. The summed E-state index contributed by atoms with van der Waals surface area (Å²) in [5.74, 6) is 0.438. The molecule has 0 spiro atoms. The molecule has 2 rings (SSSR count). The summed E-state index contributed by atoms with van der Waals surface area (Å²) < 4.78 is 10.3. The maximum atomic E-state index is 12.1. The number of carbonyl (C=O) groups is 1. The number of nitrogens with zero attached hydrogens (tertiary/aromatic N) is 1. The average Bonchev–Trinajstić information content (AvgIpc) is 2.60. The highest BCUT2D eigenvalue weighted by atomic mass is 35.5. The molecule has 7 heteroatoms. The van der Waals surface area contributed by atoms with Crippen LogP contribution in [0.1, 0.15) is 15.9 Å².